The monoisotopic (exact) mass is 768 g/mol. The summed E-state index contributed by atoms with van der Waals surface area (Å²) < 4.78 is 44.8. The number of amides is 2. The number of carbonyl (C=O) groups is 2. The summed E-state index contributed by atoms with van der Waals surface area (Å²) in [6, 6.07) is 21.5. The number of unbranched alkanes of at least 4 members (excludes halogenated alkanes) is 2. The lowest BCUT2D eigenvalue weighted by Gasteiger charge is -2.35. The summed E-state index contributed by atoms with van der Waals surface area (Å²) in [7, 11) is 1.86. The van der Waals surface area contributed by atoms with Crippen LogP contribution >= 0.6 is 0 Å². The van der Waals surface area contributed by atoms with Crippen LogP contribution in [0.25, 0.3) is 21.9 Å². The number of H-pyrrole nitrogens is 1. The predicted octanol–water partition coefficient (Wildman–Crippen LogP) is 5.83. The van der Waals surface area contributed by atoms with Crippen molar-refractivity contribution in [2.24, 2.45) is 0 Å². The molecule has 56 heavy (non-hydrogen) atoms. The van der Waals surface area contributed by atoms with Crippen molar-refractivity contribution in [1.29, 1.82) is 0 Å². The molecule has 10 nitrogen and oxygen atoms in total. The third-order valence-electron chi connectivity index (χ3n) is 10.3. The van der Waals surface area contributed by atoms with Gasteiger partial charge in [-0.3, -0.25) is 24.6 Å². The molecule has 2 amide bonds. The van der Waals surface area contributed by atoms with Crippen molar-refractivity contribution in [3.05, 3.63) is 135 Å². The van der Waals surface area contributed by atoms with Gasteiger partial charge in [0, 0.05) is 38.0 Å². The number of piperazine rings is 1. The summed E-state index contributed by atoms with van der Waals surface area (Å²) in [5.74, 6) is -2.77. The number of aromatic amines is 1. The van der Waals surface area contributed by atoms with E-state index in [0.717, 1.165) is 24.8 Å². The molecule has 0 aliphatic carbocycles. The molecule has 1 atom stereocenters. The standard InChI is InChI=1S/C43H47F3N6O4/c1-3-28-10-9-11-30(22-28)31-25-36(45)40(37(46)26-31)42(55)47-16-7-4-8-17-50(2)27-39(53)51-18-20-52(21-19-51)43(56)34-23-29(14-15-35(34)44)24-38-32-12-5-6-13-33(32)41(54)49-48-38/h5-6,9-15,22-23,25-26,42,47,55H,3-4,7-8,16-21,24,27H2,1-2H3,(H,49,54). The minimum atomic E-state index is -1.49. The molecule has 0 saturated carbocycles. The fourth-order valence-electron chi connectivity index (χ4n) is 7.09. The zero-order chi connectivity index (χ0) is 39.8. The number of nitrogens with one attached hydrogen (secondary N) is 2. The number of fused-ring (bicyclic) bond motifs is 1. The number of benzene rings is 4. The molecule has 1 saturated heterocycles. The van der Waals surface area contributed by atoms with Gasteiger partial charge in [-0.05, 0) is 92.0 Å². The third kappa shape index (κ3) is 9.70. The molecular formula is C43H47F3N6O4. The van der Waals surface area contributed by atoms with E-state index in [-0.39, 0.29) is 36.7 Å². The van der Waals surface area contributed by atoms with E-state index in [1.54, 1.807) is 40.1 Å². The van der Waals surface area contributed by atoms with E-state index in [1.807, 2.05) is 43.1 Å². The van der Waals surface area contributed by atoms with Crippen LogP contribution in [0.4, 0.5) is 13.2 Å². The number of hydrogen-bond donors (Lipinski definition) is 3. The van der Waals surface area contributed by atoms with E-state index in [9.17, 15) is 32.7 Å². The number of aliphatic hydroxyl groups is 1. The number of likely N-dealkylation sites (N-methyl/N-ethyl adjacent to an activating group) is 1. The number of halogens is 3. The maximum absolute atomic E-state index is 14.9. The first-order valence-electron chi connectivity index (χ1n) is 19.0. The van der Waals surface area contributed by atoms with E-state index in [0.29, 0.717) is 72.2 Å². The summed E-state index contributed by atoms with van der Waals surface area (Å²) in [4.78, 5) is 43.8. The molecular weight excluding hydrogens is 722 g/mol. The fraction of sp³-hybridized carbons (Fsp3) is 0.349. The van der Waals surface area contributed by atoms with Crippen LogP contribution in [0.3, 0.4) is 0 Å². The lowest BCUT2D eigenvalue weighted by atomic mass is 9.99. The van der Waals surface area contributed by atoms with Crippen LogP contribution < -0.4 is 10.9 Å². The van der Waals surface area contributed by atoms with Crippen LogP contribution in [0.5, 0.6) is 0 Å². The van der Waals surface area contributed by atoms with Crippen LogP contribution in [-0.2, 0) is 17.6 Å². The molecule has 1 aliphatic rings. The Kier molecular flexibility index (Phi) is 13.3. The number of carbonyl (C=O) groups excluding carboxylic acids is 2. The molecule has 2 heterocycles. The topological polar surface area (TPSA) is 122 Å². The highest BCUT2D eigenvalue weighted by atomic mass is 19.1. The van der Waals surface area contributed by atoms with Gasteiger partial charge in [-0.1, -0.05) is 61.9 Å². The Labute approximate surface area is 323 Å². The highest BCUT2D eigenvalue weighted by molar-refractivity contribution is 5.95. The van der Waals surface area contributed by atoms with Gasteiger partial charge in [0.15, 0.2) is 0 Å². The van der Waals surface area contributed by atoms with Gasteiger partial charge in [0.2, 0.25) is 5.91 Å². The summed E-state index contributed by atoms with van der Waals surface area (Å²) in [5.41, 5.74) is 2.71. The molecule has 1 unspecified atom stereocenters. The molecule has 1 aliphatic heterocycles. The molecule has 0 spiro atoms. The smallest absolute Gasteiger partial charge is 0.272 e. The molecule has 13 heteroatoms. The van der Waals surface area contributed by atoms with E-state index < -0.39 is 35.2 Å². The summed E-state index contributed by atoms with van der Waals surface area (Å²) in [5, 5.41) is 21.2. The number of hydrogen-bond acceptors (Lipinski definition) is 7. The molecule has 4 aromatic carbocycles. The van der Waals surface area contributed by atoms with Gasteiger partial charge < -0.3 is 14.9 Å². The predicted molar refractivity (Wildman–Crippen MR) is 210 cm³/mol. The normalized spacial score (nSPS) is 13.8. The SMILES string of the molecule is CCc1cccc(-c2cc(F)c(C(O)NCCCCCN(C)CC(=O)N3CCN(C(=O)c4cc(Cc5n[nH]c(=O)c6ccccc56)ccc4F)CC3)c(F)c2)c1. The van der Waals surface area contributed by atoms with Crippen LogP contribution in [0.2, 0.25) is 0 Å². The van der Waals surface area contributed by atoms with E-state index in [4.69, 9.17) is 0 Å². The minimum Gasteiger partial charge on any atom is -0.374 e. The molecule has 0 radical (unpaired) electrons. The van der Waals surface area contributed by atoms with Gasteiger partial charge in [0.1, 0.15) is 23.7 Å². The number of aliphatic hydroxyl groups excluding tert-OH is 1. The molecule has 1 fully saturated rings. The first-order chi connectivity index (χ1) is 27.0. The minimum absolute atomic E-state index is 0.0531. The molecule has 5 aromatic rings. The first-order valence-corrected chi connectivity index (χ1v) is 19.0. The third-order valence-corrected chi connectivity index (χ3v) is 10.3. The Balaban J connectivity index is 0.906. The average molecular weight is 769 g/mol. The van der Waals surface area contributed by atoms with Gasteiger partial charge in [0.05, 0.1) is 28.8 Å². The maximum atomic E-state index is 14.9. The summed E-state index contributed by atoms with van der Waals surface area (Å²) >= 11 is 0. The van der Waals surface area contributed by atoms with Crippen molar-refractivity contribution in [3.63, 3.8) is 0 Å². The van der Waals surface area contributed by atoms with Crippen molar-refractivity contribution in [2.45, 2.75) is 45.3 Å². The highest BCUT2D eigenvalue weighted by Gasteiger charge is 2.27. The van der Waals surface area contributed by atoms with Crippen LogP contribution in [-0.4, -0.2) is 94.7 Å². The zero-order valence-electron chi connectivity index (χ0n) is 31.7. The van der Waals surface area contributed by atoms with Crippen molar-refractivity contribution in [2.75, 3.05) is 52.9 Å². The number of nitrogens with zero attached hydrogens (tertiary/aromatic N) is 4. The molecule has 6 rings (SSSR count). The van der Waals surface area contributed by atoms with E-state index in [1.165, 1.54) is 24.3 Å². The second-order valence-electron chi connectivity index (χ2n) is 14.3. The number of aryl methyl sites for hydroxylation is 1. The highest BCUT2D eigenvalue weighted by Crippen LogP contribution is 2.28. The van der Waals surface area contributed by atoms with Gasteiger partial charge >= 0.3 is 0 Å². The molecule has 1 aromatic heterocycles. The molecule has 3 N–H and O–H groups in total. The Morgan fingerprint density at radius 3 is 2.29 bits per heavy atom. The largest absolute Gasteiger partial charge is 0.374 e. The number of aromatic nitrogens is 2. The maximum Gasteiger partial charge on any atom is 0.272 e. The Morgan fingerprint density at radius 1 is 0.839 bits per heavy atom. The summed E-state index contributed by atoms with van der Waals surface area (Å²) in [6.45, 7) is 4.41. The van der Waals surface area contributed by atoms with Gasteiger partial charge in [0.25, 0.3) is 11.5 Å². The van der Waals surface area contributed by atoms with E-state index >= 15 is 0 Å². The molecule has 294 valence electrons. The average Bonchev–Trinajstić information content (AvgIpc) is 3.20. The Bertz CT molecular complexity index is 2220. The van der Waals surface area contributed by atoms with Gasteiger partial charge in [-0.2, -0.15) is 5.10 Å². The summed E-state index contributed by atoms with van der Waals surface area (Å²) in [6.07, 6.45) is 1.81. The van der Waals surface area contributed by atoms with Crippen molar-refractivity contribution >= 4 is 22.6 Å². The van der Waals surface area contributed by atoms with Crippen molar-refractivity contribution < 1.29 is 27.9 Å². The van der Waals surface area contributed by atoms with E-state index in [2.05, 4.69) is 15.5 Å². The van der Waals surface area contributed by atoms with Crippen LogP contribution in [0.15, 0.2) is 83.7 Å². The lowest BCUT2D eigenvalue weighted by Crippen LogP contribution is -2.52. The quantitative estimate of drug-likeness (QED) is 0.0906. The molecule has 0 bridgehead atoms. The second kappa shape index (κ2) is 18.5. The van der Waals surface area contributed by atoms with Crippen LogP contribution in [0, 0.1) is 17.5 Å². The van der Waals surface area contributed by atoms with Crippen molar-refractivity contribution in [3.8, 4) is 11.1 Å². The fourth-order valence-corrected chi connectivity index (χ4v) is 7.09. The van der Waals surface area contributed by atoms with Gasteiger partial charge in [-0.25, -0.2) is 18.3 Å². The first kappa shape index (κ1) is 40.3. The van der Waals surface area contributed by atoms with Crippen LogP contribution in [0.1, 0.15) is 65.2 Å². The Morgan fingerprint density at radius 2 is 1.55 bits per heavy atom. The van der Waals surface area contributed by atoms with Crippen molar-refractivity contribution in [1.82, 2.24) is 30.2 Å². The lowest BCUT2D eigenvalue weighted by molar-refractivity contribution is -0.133. The zero-order valence-corrected chi connectivity index (χ0v) is 31.7. The second-order valence-corrected chi connectivity index (χ2v) is 14.3. The van der Waals surface area contributed by atoms with Gasteiger partial charge in [-0.15, -0.1) is 0 Å². The Hall–Kier alpha value is -5.37. The number of rotatable bonds is 15.